The van der Waals surface area contributed by atoms with Crippen molar-refractivity contribution in [1.29, 1.82) is 0 Å². The fourth-order valence-corrected chi connectivity index (χ4v) is 3.53. The average molecular weight is 398 g/mol. The molecule has 5 heteroatoms. The fraction of sp³-hybridized carbons (Fsp3) is 0.120. The van der Waals surface area contributed by atoms with Crippen LogP contribution in [0.4, 0.5) is 0 Å². The second-order valence-corrected chi connectivity index (χ2v) is 6.87. The van der Waals surface area contributed by atoms with Gasteiger partial charge in [0.05, 0.1) is 31.1 Å². The summed E-state index contributed by atoms with van der Waals surface area (Å²) in [7, 11) is 3.21. The van der Waals surface area contributed by atoms with Crippen LogP contribution in [0.1, 0.15) is 11.3 Å². The molecule has 1 heterocycles. The lowest BCUT2D eigenvalue weighted by Crippen LogP contribution is -2.39. The highest BCUT2D eigenvalue weighted by atomic mass is 16.5. The molecule has 0 spiro atoms. The molecule has 0 atom stereocenters. The summed E-state index contributed by atoms with van der Waals surface area (Å²) in [5.74, 6) is 0.948. The number of ether oxygens (including phenoxy) is 2. The van der Waals surface area contributed by atoms with Crippen molar-refractivity contribution in [2.24, 2.45) is 5.10 Å². The first-order valence-corrected chi connectivity index (χ1v) is 9.60. The summed E-state index contributed by atoms with van der Waals surface area (Å²) in [5.41, 5.74) is 3.08. The Labute approximate surface area is 175 Å². The predicted molar refractivity (Wildman–Crippen MR) is 116 cm³/mol. The van der Waals surface area contributed by atoms with Crippen molar-refractivity contribution in [2.45, 2.75) is 6.92 Å². The third-order valence-corrected chi connectivity index (χ3v) is 4.99. The maximum absolute atomic E-state index is 12.9. The van der Waals surface area contributed by atoms with E-state index >= 15 is 0 Å². The summed E-state index contributed by atoms with van der Waals surface area (Å²) in [5, 5.41) is 19.4. The van der Waals surface area contributed by atoms with Crippen LogP contribution in [-0.2, 0) is 0 Å². The van der Waals surface area contributed by atoms with E-state index in [9.17, 15) is 5.11 Å². The predicted octanol–water partition coefficient (Wildman–Crippen LogP) is 3.69. The monoisotopic (exact) mass is 398 g/mol. The summed E-state index contributed by atoms with van der Waals surface area (Å²) in [6.07, 6.45) is 0. The summed E-state index contributed by atoms with van der Waals surface area (Å²) in [6.45, 7) is 1.94. The van der Waals surface area contributed by atoms with E-state index in [1.807, 2.05) is 67.6 Å². The lowest BCUT2D eigenvalue weighted by molar-refractivity contribution is -0.675. The van der Waals surface area contributed by atoms with Crippen LogP contribution in [0.15, 0.2) is 84.0 Å². The minimum absolute atomic E-state index is 0.305. The summed E-state index contributed by atoms with van der Waals surface area (Å²) in [4.78, 5) is 0. The molecular weight excluding hydrogens is 376 g/mol. The van der Waals surface area contributed by atoms with Gasteiger partial charge in [-0.25, -0.2) is 0 Å². The van der Waals surface area contributed by atoms with Gasteiger partial charge in [-0.2, -0.15) is 0 Å². The van der Waals surface area contributed by atoms with Crippen LogP contribution in [-0.4, -0.2) is 20.1 Å². The van der Waals surface area contributed by atoms with Crippen LogP contribution in [0.5, 0.6) is 11.5 Å². The lowest BCUT2D eigenvalue weighted by Gasteiger charge is -2.12. The van der Waals surface area contributed by atoms with E-state index < -0.39 is 0 Å². The van der Waals surface area contributed by atoms with Gasteiger partial charge in [-0.1, -0.05) is 48.5 Å². The van der Waals surface area contributed by atoms with E-state index in [4.69, 9.17) is 9.47 Å². The van der Waals surface area contributed by atoms with Crippen molar-refractivity contribution < 1.29 is 19.3 Å². The van der Waals surface area contributed by atoms with Gasteiger partial charge in [-0.05, 0) is 45.0 Å². The average Bonchev–Trinajstić information content (AvgIpc) is 2.79. The first-order chi connectivity index (χ1) is 14.6. The van der Waals surface area contributed by atoms with Gasteiger partial charge in [0.2, 0.25) is 5.69 Å². The zero-order valence-corrected chi connectivity index (χ0v) is 17.1. The highest BCUT2D eigenvalue weighted by molar-refractivity contribution is 5.94. The molecule has 4 rings (SSSR count). The van der Waals surface area contributed by atoms with Crippen LogP contribution in [0.25, 0.3) is 22.0 Å². The molecule has 0 saturated carbocycles. The Morgan fingerprint density at radius 1 is 0.833 bits per heavy atom. The molecule has 0 aliphatic rings. The highest BCUT2D eigenvalue weighted by Crippen LogP contribution is 2.34. The molecule has 0 saturated heterocycles. The van der Waals surface area contributed by atoms with E-state index in [-0.39, 0.29) is 5.90 Å². The van der Waals surface area contributed by atoms with E-state index in [2.05, 4.69) is 11.2 Å². The van der Waals surface area contributed by atoms with Crippen LogP contribution in [0.3, 0.4) is 0 Å². The number of nitrogens with zero attached hydrogens (tertiary/aromatic N) is 2. The third-order valence-electron chi connectivity index (χ3n) is 4.99. The summed E-state index contributed by atoms with van der Waals surface area (Å²) < 4.78 is 12.6. The smallest absolute Gasteiger partial charge is 0.253 e. The SMILES string of the molecule is COc1ccc(-c2c3ccccc3cc(C)[n+]2/N=C(\[O-])c2ccccc2)cc1OC. The van der Waals surface area contributed by atoms with E-state index in [0.29, 0.717) is 17.1 Å². The Morgan fingerprint density at radius 3 is 2.27 bits per heavy atom. The van der Waals surface area contributed by atoms with Gasteiger partial charge in [0, 0.05) is 13.0 Å². The van der Waals surface area contributed by atoms with Gasteiger partial charge in [0.25, 0.3) is 5.69 Å². The van der Waals surface area contributed by atoms with Crippen LogP contribution < -0.4 is 19.3 Å². The number of benzene rings is 3. The molecule has 4 aromatic rings. The number of aromatic nitrogens is 1. The number of fused-ring (bicyclic) bond motifs is 1. The fourth-order valence-electron chi connectivity index (χ4n) is 3.53. The van der Waals surface area contributed by atoms with Gasteiger partial charge in [-0.15, -0.1) is 0 Å². The van der Waals surface area contributed by atoms with Crippen LogP contribution in [0.2, 0.25) is 0 Å². The van der Waals surface area contributed by atoms with Crippen molar-refractivity contribution in [3.63, 3.8) is 0 Å². The molecule has 5 nitrogen and oxygen atoms in total. The number of methoxy groups -OCH3 is 2. The molecule has 0 N–H and O–H groups in total. The Hall–Kier alpha value is -3.86. The van der Waals surface area contributed by atoms with Crippen molar-refractivity contribution in [3.05, 3.63) is 90.1 Å². The van der Waals surface area contributed by atoms with Gasteiger partial charge in [0.15, 0.2) is 11.5 Å². The minimum atomic E-state index is -0.305. The van der Waals surface area contributed by atoms with Gasteiger partial charge in [0.1, 0.15) is 0 Å². The highest BCUT2D eigenvalue weighted by Gasteiger charge is 2.23. The molecule has 0 unspecified atom stereocenters. The first kappa shape index (κ1) is 19.5. The number of rotatable bonds is 5. The maximum atomic E-state index is 12.9. The van der Waals surface area contributed by atoms with Crippen molar-refractivity contribution in [3.8, 4) is 22.8 Å². The second kappa shape index (κ2) is 8.25. The Bertz CT molecular complexity index is 1230. The molecule has 0 bridgehead atoms. The molecule has 0 aliphatic heterocycles. The molecule has 3 aromatic carbocycles. The second-order valence-electron chi connectivity index (χ2n) is 6.87. The van der Waals surface area contributed by atoms with Crippen molar-refractivity contribution in [1.82, 2.24) is 0 Å². The zero-order valence-electron chi connectivity index (χ0n) is 17.1. The topological polar surface area (TPSA) is 57.8 Å². The molecule has 0 radical (unpaired) electrons. The number of hydrogen-bond donors (Lipinski definition) is 0. The number of pyridine rings is 1. The maximum Gasteiger partial charge on any atom is 0.253 e. The quantitative estimate of drug-likeness (QED) is 0.293. The van der Waals surface area contributed by atoms with Crippen molar-refractivity contribution >= 4 is 16.7 Å². The van der Waals surface area contributed by atoms with Crippen LogP contribution in [0, 0.1) is 6.92 Å². The van der Waals surface area contributed by atoms with E-state index in [0.717, 1.165) is 27.7 Å². The minimum Gasteiger partial charge on any atom is -0.854 e. The van der Waals surface area contributed by atoms with E-state index in [1.165, 1.54) is 0 Å². The third kappa shape index (κ3) is 3.57. The number of hydrogen-bond acceptors (Lipinski definition) is 4. The molecule has 150 valence electrons. The van der Waals surface area contributed by atoms with Crippen LogP contribution >= 0.6 is 0 Å². The summed E-state index contributed by atoms with van der Waals surface area (Å²) in [6, 6.07) is 24.8. The van der Waals surface area contributed by atoms with Gasteiger partial charge in [-0.3, -0.25) is 0 Å². The standard InChI is InChI=1S/C25H22N2O3/c1-17-15-19-11-7-8-12-21(19)24(20-13-14-22(29-2)23(16-20)30-3)27(17)26-25(28)18-9-5-4-6-10-18/h4-16H,1-3H3. The van der Waals surface area contributed by atoms with Gasteiger partial charge < -0.3 is 14.6 Å². The summed E-state index contributed by atoms with van der Waals surface area (Å²) >= 11 is 0. The molecule has 30 heavy (non-hydrogen) atoms. The molecule has 0 amide bonds. The van der Waals surface area contributed by atoms with Crippen molar-refractivity contribution in [2.75, 3.05) is 14.2 Å². The number of aryl methyl sites for hydroxylation is 1. The molecule has 0 aliphatic carbocycles. The molecule has 0 fully saturated rings. The zero-order chi connectivity index (χ0) is 21.1. The first-order valence-electron chi connectivity index (χ1n) is 9.60. The van der Waals surface area contributed by atoms with Gasteiger partial charge >= 0.3 is 0 Å². The Morgan fingerprint density at radius 2 is 1.53 bits per heavy atom. The van der Waals surface area contributed by atoms with E-state index in [1.54, 1.807) is 31.0 Å². The Kier molecular flexibility index (Phi) is 5.35. The Balaban J connectivity index is 2.01. The molecule has 1 aromatic heterocycles. The largest absolute Gasteiger partial charge is 0.854 e. The normalized spacial score (nSPS) is 11.5. The molecular formula is C25H22N2O3. The lowest BCUT2D eigenvalue weighted by atomic mass is 10.0.